The van der Waals surface area contributed by atoms with E-state index in [0.29, 0.717) is 5.69 Å². The second kappa shape index (κ2) is 6.71. The van der Waals surface area contributed by atoms with Crippen molar-refractivity contribution in [3.05, 3.63) is 18.2 Å². The van der Waals surface area contributed by atoms with Crippen LogP contribution in [0.2, 0.25) is 0 Å². The van der Waals surface area contributed by atoms with Crippen molar-refractivity contribution in [3.8, 4) is 0 Å². The number of aliphatic carboxylic acids is 1. The fraction of sp³-hybridized carbons (Fsp3) is 0.643. The minimum atomic E-state index is -1.04. The molecule has 7 nitrogen and oxygen atoms in total. The first-order valence-corrected chi connectivity index (χ1v) is 7.33. The Morgan fingerprint density at radius 1 is 1.57 bits per heavy atom. The highest BCUT2D eigenvalue weighted by Gasteiger charge is 2.41. The van der Waals surface area contributed by atoms with Crippen LogP contribution in [0, 0.1) is 0 Å². The number of carbonyl (C=O) groups excluding carboxylic acids is 1. The average molecular weight is 294 g/mol. The molecule has 7 heteroatoms. The molecular weight excluding hydrogens is 272 g/mol. The number of hydrogen-bond acceptors (Lipinski definition) is 4. The van der Waals surface area contributed by atoms with Crippen LogP contribution in [0.1, 0.15) is 38.3 Å². The number of nitrogens with one attached hydrogen (secondary N) is 3. The number of nitrogens with zero attached hydrogens (tertiary/aromatic N) is 1. The number of aromatic amines is 1. The lowest BCUT2D eigenvalue weighted by molar-refractivity contribution is -0.143. The van der Waals surface area contributed by atoms with Crippen LogP contribution in [0.25, 0.3) is 0 Å². The van der Waals surface area contributed by atoms with Crippen LogP contribution in [-0.4, -0.2) is 45.1 Å². The molecule has 116 valence electrons. The van der Waals surface area contributed by atoms with Gasteiger partial charge in [0.25, 0.3) is 0 Å². The van der Waals surface area contributed by atoms with Gasteiger partial charge in [-0.3, -0.25) is 4.79 Å². The summed E-state index contributed by atoms with van der Waals surface area (Å²) in [6, 6.07) is -0.950. The Labute approximate surface area is 123 Å². The molecule has 0 bridgehead atoms. The number of aromatic nitrogens is 2. The van der Waals surface area contributed by atoms with Crippen LogP contribution in [0.3, 0.4) is 0 Å². The summed E-state index contributed by atoms with van der Waals surface area (Å²) in [6.07, 6.45) is 6.54. The summed E-state index contributed by atoms with van der Waals surface area (Å²) in [4.78, 5) is 30.6. The molecule has 1 aromatic rings. The lowest BCUT2D eigenvalue weighted by atomic mass is 9.90. The summed E-state index contributed by atoms with van der Waals surface area (Å²) in [5.41, 5.74) is 0.0720. The van der Waals surface area contributed by atoms with Gasteiger partial charge in [0.1, 0.15) is 6.04 Å². The van der Waals surface area contributed by atoms with E-state index in [1.807, 2.05) is 6.92 Å². The molecule has 2 atom stereocenters. The van der Waals surface area contributed by atoms with Crippen LogP contribution >= 0.6 is 0 Å². The Hall–Kier alpha value is -1.89. The molecule has 0 radical (unpaired) electrons. The molecule has 2 unspecified atom stereocenters. The largest absolute Gasteiger partial charge is 0.480 e. The smallest absolute Gasteiger partial charge is 0.326 e. The molecule has 1 fully saturated rings. The molecule has 21 heavy (non-hydrogen) atoms. The van der Waals surface area contributed by atoms with Crippen LogP contribution in [0.5, 0.6) is 0 Å². The highest BCUT2D eigenvalue weighted by Crippen LogP contribution is 2.25. The van der Waals surface area contributed by atoms with E-state index in [4.69, 9.17) is 0 Å². The first-order valence-electron chi connectivity index (χ1n) is 7.33. The fourth-order valence-electron chi connectivity index (χ4n) is 2.87. The molecule has 1 amide bonds. The number of carboxylic acid groups (broad SMARTS) is 1. The Balaban J connectivity index is 2.05. The molecule has 1 aliphatic heterocycles. The van der Waals surface area contributed by atoms with Gasteiger partial charge in [0.15, 0.2) is 0 Å². The highest BCUT2D eigenvalue weighted by molar-refractivity contribution is 5.90. The van der Waals surface area contributed by atoms with Crippen molar-refractivity contribution in [1.29, 1.82) is 0 Å². The van der Waals surface area contributed by atoms with E-state index in [1.165, 1.54) is 6.33 Å². The molecule has 2 heterocycles. The van der Waals surface area contributed by atoms with Gasteiger partial charge in [-0.25, -0.2) is 9.78 Å². The van der Waals surface area contributed by atoms with E-state index in [1.54, 1.807) is 6.20 Å². The second-order valence-corrected chi connectivity index (χ2v) is 5.51. The molecule has 1 aliphatic rings. The van der Waals surface area contributed by atoms with Gasteiger partial charge in [0.2, 0.25) is 5.91 Å². The summed E-state index contributed by atoms with van der Waals surface area (Å²) in [5.74, 6) is -1.25. The summed E-state index contributed by atoms with van der Waals surface area (Å²) in [7, 11) is 0. The first kappa shape index (κ1) is 15.5. The van der Waals surface area contributed by atoms with E-state index >= 15 is 0 Å². The van der Waals surface area contributed by atoms with E-state index in [2.05, 4.69) is 20.6 Å². The lowest BCUT2D eigenvalue weighted by Gasteiger charge is -2.29. The van der Waals surface area contributed by atoms with Crippen molar-refractivity contribution >= 4 is 11.9 Å². The number of imidazole rings is 1. The summed E-state index contributed by atoms with van der Waals surface area (Å²) < 4.78 is 0. The number of carboxylic acids is 1. The standard InChI is InChI=1S/C14H22N4O3/c1-2-4-14(5-3-6-17-14)13(21)18-11(12(19)20)7-10-8-15-9-16-10/h8-9,11,17H,2-7H2,1H3,(H,15,16)(H,18,21)(H,19,20). The molecule has 0 saturated carbocycles. The molecule has 2 rings (SSSR count). The van der Waals surface area contributed by atoms with Gasteiger partial charge >= 0.3 is 5.97 Å². The number of hydrogen-bond donors (Lipinski definition) is 4. The van der Waals surface area contributed by atoms with Crippen molar-refractivity contribution in [3.63, 3.8) is 0 Å². The van der Waals surface area contributed by atoms with Gasteiger partial charge in [-0.15, -0.1) is 0 Å². The quantitative estimate of drug-likeness (QED) is 0.584. The average Bonchev–Trinajstić information content (AvgIpc) is 3.10. The maximum Gasteiger partial charge on any atom is 0.326 e. The maximum absolute atomic E-state index is 12.5. The number of carbonyl (C=O) groups is 2. The Morgan fingerprint density at radius 2 is 2.38 bits per heavy atom. The first-order chi connectivity index (χ1) is 10.1. The van der Waals surface area contributed by atoms with Gasteiger partial charge in [-0.2, -0.15) is 0 Å². The van der Waals surface area contributed by atoms with Gasteiger partial charge < -0.3 is 20.7 Å². The second-order valence-electron chi connectivity index (χ2n) is 5.51. The van der Waals surface area contributed by atoms with Crippen molar-refractivity contribution < 1.29 is 14.7 Å². The van der Waals surface area contributed by atoms with Crippen molar-refractivity contribution in [1.82, 2.24) is 20.6 Å². The monoisotopic (exact) mass is 294 g/mol. The van der Waals surface area contributed by atoms with Crippen LogP contribution < -0.4 is 10.6 Å². The zero-order chi connectivity index (χ0) is 15.3. The van der Waals surface area contributed by atoms with Gasteiger partial charge in [-0.1, -0.05) is 13.3 Å². The summed E-state index contributed by atoms with van der Waals surface area (Å²) in [6.45, 7) is 2.82. The fourth-order valence-corrected chi connectivity index (χ4v) is 2.87. The lowest BCUT2D eigenvalue weighted by Crippen LogP contribution is -2.57. The van der Waals surface area contributed by atoms with E-state index in [0.717, 1.165) is 32.2 Å². The van der Waals surface area contributed by atoms with Gasteiger partial charge in [0, 0.05) is 18.3 Å². The predicted molar refractivity (Wildman–Crippen MR) is 76.7 cm³/mol. The number of H-pyrrole nitrogens is 1. The van der Waals surface area contributed by atoms with Gasteiger partial charge in [0.05, 0.1) is 11.9 Å². The molecule has 0 spiro atoms. The van der Waals surface area contributed by atoms with Crippen LogP contribution in [-0.2, 0) is 16.0 Å². The molecular formula is C14H22N4O3. The van der Waals surface area contributed by atoms with Crippen molar-refractivity contribution in [2.45, 2.75) is 50.6 Å². The van der Waals surface area contributed by atoms with E-state index < -0.39 is 17.6 Å². The third kappa shape index (κ3) is 3.60. The predicted octanol–water partition coefficient (Wildman–Crippen LogP) is 0.444. The molecule has 0 aliphatic carbocycles. The Kier molecular flexibility index (Phi) is 4.95. The molecule has 0 aromatic carbocycles. The molecule has 4 N–H and O–H groups in total. The Morgan fingerprint density at radius 3 is 2.90 bits per heavy atom. The third-order valence-corrected chi connectivity index (χ3v) is 3.94. The van der Waals surface area contributed by atoms with Crippen LogP contribution in [0.15, 0.2) is 12.5 Å². The van der Waals surface area contributed by atoms with E-state index in [9.17, 15) is 14.7 Å². The topological polar surface area (TPSA) is 107 Å². The normalized spacial score (nSPS) is 22.9. The highest BCUT2D eigenvalue weighted by atomic mass is 16.4. The third-order valence-electron chi connectivity index (χ3n) is 3.94. The number of rotatable bonds is 7. The Bertz CT molecular complexity index is 480. The molecule has 1 aromatic heterocycles. The minimum Gasteiger partial charge on any atom is -0.480 e. The SMILES string of the molecule is CCCC1(C(=O)NC(Cc2cnc[nH]2)C(=O)O)CCCN1. The van der Waals surface area contributed by atoms with Gasteiger partial charge in [-0.05, 0) is 25.8 Å². The van der Waals surface area contributed by atoms with Crippen LogP contribution in [0.4, 0.5) is 0 Å². The van der Waals surface area contributed by atoms with Crippen molar-refractivity contribution in [2.75, 3.05) is 6.54 Å². The zero-order valence-electron chi connectivity index (χ0n) is 12.2. The minimum absolute atomic E-state index is 0.198. The summed E-state index contributed by atoms with van der Waals surface area (Å²) >= 11 is 0. The molecule has 1 saturated heterocycles. The number of amides is 1. The maximum atomic E-state index is 12.5. The zero-order valence-corrected chi connectivity index (χ0v) is 12.2. The van der Waals surface area contributed by atoms with Crippen molar-refractivity contribution in [2.24, 2.45) is 0 Å². The summed E-state index contributed by atoms with van der Waals surface area (Å²) in [5, 5.41) is 15.2. The van der Waals surface area contributed by atoms with E-state index in [-0.39, 0.29) is 12.3 Å².